The first-order valence-electron chi connectivity index (χ1n) is 7.18. The highest BCUT2D eigenvalue weighted by Crippen LogP contribution is 2.18. The molecule has 1 aromatic heterocycles. The molecule has 0 saturated heterocycles. The van der Waals surface area contributed by atoms with E-state index < -0.39 is 0 Å². The monoisotopic (exact) mass is 278 g/mol. The Kier molecular flexibility index (Phi) is 4.01. The lowest BCUT2D eigenvalue weighted by molar-refractivity contribution is -0.121. The second kappa shape index (κ2) is 6.27. The van der Waals surface area contributed by atoms with Crippen LogP contribution in [0.3, 0.4) is 0 Å². The molecule has 0 unspecified atom stereocenters. The Morgan fingerprint density at radius 1 is 1.00 bits per heavy atom. The third kappa shape index (κ3) is 3.31. The standard InChI is InChI=1S/C18H18N2O/c21-18(20-12-14-6-2-1-3-7-14)11-10-15-13-19-17-9-5-4-8-16(15)17/h1-9,13,19H,10-12H2,(H,20,21). The highest BCUT2D eigenvalue weighted by atomic mass is 16.1. The van der Waals surface area contributed by atoms with Crippen molar-refractivity contribution in [2.24, 2.45) is 0 Å². The van der Waals surface area contributed by atoms with Crippen LogP contribution in [0.1, 0.15) is 17.5 Å². The predicted octanol–water partition coefficient (Wildman–Crippen LogP) is 3.42. The van der Waals surface area contributed by atoms with E-state index in [2.05, 4.69) is 16.4 Å². The molecule has 106 valence electrons. The van der Waals surface area contributed by atoms with Gasteiger partial charge >= 0.3 is 0 Å². The van der Waals surface area contributed by atoms with Crippen LogP contribution in [0.15, 0.2) is 60.8 Å². The average molecular weight is 278 g/mol. The van der Waals surface area contributed by atoms with Gasteiger partial charge < -0.3 is 10.3 Å². The molecule has 0 aliphatic carbocycles. The molecule has 0 aliphatic rings. The van der Waals surface area contributed by atoms with Crippen LogP contribution in [0.4, 0.5) is 0 Å². The predicted molar refractivity (Wildman–Crippen MR) is 84.9 cm³/mol. The van der Waals surface area contributed by atoms with Gasteiger partial charge in [-0.3, -0.25) is 4.79 Å². The van der Waals surface area contributed by atoms with E-state index in [9.17, 15) is 4.79 Å². The van der Waals surface area contributed by atoms with E-state index in [4.69, 9.17) is 0 Å². The Balaban J connectivity index is 1.54. The Hall–Kier alpha value is -2.55. The second-order valence-electron chi connectivity index (χ2n) is 5.12. The number of hydrogen-bond donors (Lipinski definition) is 2. The zero-order chi connectivity index (χ0) is 14.5. The Labute approximate surface area is 124 Å². The van der Waals surface area contributed by atoms with Crippen LogP contribution in [-0.2, 0) is 17.8 Å². The van der Waals surface area contributed by atoms with Crippen molar-refractivity contribution in [1.82, 2.24) is 10.3 Å². The van der Waals surface area contributed by atoms with E-state index in [1.54, 1.807) is 0 Å². The fraction of sp³-hybridized carbons (Fsp3) is 0.167. The Morgan fingerprint density at radius 2 is 1.76 bits per heavy atom. The molecule has 0 aliphatic heterocycles. The highest BCUT2D eigenvalue weighted by Gasteiger charge is 2.06. The van der Waals surface area contributed by atoms with E-state index in [0.29, 0.717) is 13.0 Å². The number of nitrogens with one attached hydrogen (secondary N) is 2. The quantitative estimate of drug-likeness (QED) is 0.738. The van der Waals surface area contributed by atoms with Crippen LogP contribution in [-0.4, -0.2) is 10.9 Å². The third-order valence-corrected chi connectivity index (χ3v) is 3.63. The number of carbonyl (C=O) groups excluding carboxylic acids is 1. The number of H-pyrrole nitrogens is 1. The van der Waals surface area contributed by atoms with Gasteiger partial charge in [0.05, 0.1) is 0 Å². The van der Waals surface area contributed by atoms with Crippen molar-refractivity contribution in [1.29, 1.82) is 0 Å². The summed E-state index contributed by atoms with van der Waals surface area (Å²) >= 11 is 0. The van der Waals surface area contributed by atoms with E-state index >= 15 is 0 Å². The number of hydrogen-bond acceptors (Lipinski definition) is 1. The molecule has 2 aromatic carbocycles. The minimum atomic E-state index is 0.0872. The molecule has 3 aromatic rings. The van der Waals surface area contributed by atoms with Crippen LogP contribution in [0.25, 0.3) is 10.9 Å². The summed E-state index contributed by atoms with van der Waals surface area (Å²) in [4.78, 5) is 15.2. The summed E-state index contributed by atoms with van der Waals surface area (Å²) < 4.78 is 0. The molecule has 0 atom stereocenters. The lowest BCUT2D eigenvalue weighted by atomic mass is 10.1. The molecular formula is C18H18N2O. The number of carbonyl (C=O) groups is 1. The summed E-state index contributed by atoms with van der Waals surface area (Å²) in [7, 11) is 0. The number of aromatic nitrogens is 1. The normalized spacial score (nSPS) is 10.7. The number of aryl methyl sites for hydroxylation is 1. The zero-order valence-electron chi connectivity index (χ0n) is 11.8. The number of rotatable bonds is 5. The van der Waals surface area contributed by atoms with Crippen molar-refractivity contribution < 1.29 is 4.79 Å². The van der Waals surface area contributed by atoms with E-state index in [1.807, 2.05) is 54.7 Å². The molecule has 0 spiro atoms. The second-order valence-corrected chi connectivity index (χ2v) is 5.12. The summed E-state index contributed by atoms with van der Waals surface area (Å²) in [6.07, 6.45) is 3.26. The lowest BCUT2D eigenvalue weighted by Gasteiger charge is -2.05. The van der Waals surface area contributed by atoms with Crippen LogP contribution < -0.4 is 5.32 Å². The molecule has 0 fully saturated rings. The largest absolute Gasteiger partial charge is 0.361 e. The maximum atomic E-state index is 11.9. The van der Waals surface area contributed by atoms with Crippen molar-refractivity contribution in [3.63, 3.8) is 0 Å². The maximum Gasteiger partial charge on any atom is 0.220 e. The topological polar surface area (TPSA) is 44.9 Å². The molecule has 1 heterocycles. The van der Waals surface area contributed by atoms with Crippen molar-refractivity contribution >= 4 is 16.8 Å². The van der Waals surface area contributed by atoms with Crippen molar-refractivity contribution in [3.8, 4) is 0 Å². The van der Waals surface area contributed by atoms with E-state index in [-0.39, 0.29) is 5.91 Å². The number of aromatic amines is 1. The first kappa shape index (κ1) is 13.4. The summed E-state index contributed by atoms with van der Waals surface area (Å²) in [5.74, 6) is 0.0872. The van der Waals surface area contributed by atoms with Gasteiger partial charge in [0, 0.05) is 30.1 Å². The first-order valence-corrected chi connectivity index (χ1v) is 7.18. The molecular weight excluding hydrogens is 260 g/mol. The highest BCUT2D eigenvalue weighted by molar-refractivity contribution is 5.84. The zero-order valence-corrected chi connectivity index (χ0v) is 11.8. The van der Waals surface area contributed by atoms with E-state index in [0.717, 1.165) is 17.5 Å². The van der Waals surface area contributed by atoms with Crippen molar-refractivity contribution in [3.05, 3.63) is 71.9 Å². The first-order chi connectivity index (χ1) is 10.3. The molecule has 21 heavy (non-hydrogen) atoms. The van der Waals surface area contributed by atoms with Gasteiger partial charge in [0.1, 0.15) is 0 Å². The minimum absolute atomic E-state index is 0.0872. The summed E-state index contributed by atoms with van der Waals surface area (Å²) in [6, 6.07) is 18.1. The molecule has 2 N–H and O–H groups in total. The van der Waals surface area contributed by atoms with Crippen LogP contribution >= 0.6 is 0 Å². The number of fused-ring (bicyclic) bond motifs is 1. The maximum absolute atomic E-state index is 11.9. The lowest BCUT2D eigenvalue weighted by Crippen LogP contribution is -2.22. The van der Waals surface area contributed by atoms with Gasteiger partial charge in [-0.15, -0.1) is 0 Å². The van der Waals surface area contributed by atoms with Crippen LogP contribution in [0.5, 0.6) is 0 Å². The average Bonchev–Trinajstić information content (AvgIpc) is 2.95. The molecule has 3 nitrogen and oxygen atoms in total. The molecule has 3 rings (SSSR count). The SMILES string of the molecule is O=C(CCc1c[nH]c2ccccc12)NCc1ccccc1. The Morgan fingerprint density at radius 3 is 2.62 bits per heavy atom. The molecule has 3 heteroatoms. The van der Waals surface area contributed by atoms with Gasteiger partial charge in [-0.2, -0.15) is 0 Å². The van der Waals surface area contributed by atoms with Gasteiger partial charge in [-0.25, -0.2) is 0 Å². The molecule has 1 amide bonds. The summed E-state index contributed by atoms with van der Waals surface area (Å²) in [5.41, 5.74) is 3.44. The fourth-order valence-electron chi connectivity index (χ4n) is 2.47. The van der Waals surface area contributed by atoms with E-state index in [1.165, 1.54) is 10.9 Å². The number of benzene rings is 2. The molecule has 0 bridgehead atoms. The Bertz CT molecular complexity index is 731. The summed E-state index contributed by atoms with van der Waals surface area (Å²) in [5, 5.41) is 4.16. The summed E-state index contributed by atoms with van der Waals surface area (Å²) in [6.45, 7) is 0.591. The van der Waals surface area contributed by atoms with Crippen molar-refractivity contribution in [2.45, 2.75) is 19.4 Å². The molecule has 0 radical (unpaired) electrons. The third-order valence-electron chi connectivity index (χ3n) is 3.63. The minimum Gasteiger partial charge on any atom is -0.361 e. The van der Waals surface area contributed by atoms with Crippen LogP contribution in [0, 0.1) is 0 Å². The van der Waals surface area contributed by atoms with Gasteiger partial charge in [0.15, 0.2) is 0 Å². The van der Waals surface area contributed by atoms with Gasteiger partial charge in [0.25, 0.3) is 0 Å². The van der Waals surface area contributed by atoms with Gasteiger partial charge in [-0.05, 0) is 23.6 Å². The number of amides is 1. The van der Waals surface area contributed by atoms with Crippen LogP contribution in [0.2, 0.25) is 0 Å². The molecule has 0 saturated carbocycles. The fourth-order valence-corrected chi connectivity index (χ4v) is 2.47. The van der Waals surface area contributed by atoms with Crippen molar-refractivity contribution in [2.75, 3.05) is 0 Å². The van der Waals surface area contributed by atoms with Gasteiger partial charge in [-0.1, -0.05) is 48.5 Å². The van der Waals surface area contributed by atoms with Gasteiger partial charge in [0.2, 0.25) is 5.91 Å². The number of para-hydroxylation sites is 1. The smallest absolute Gasteiger partial charge is 0.220 e.